The second kappa shape index (κ2) is 8.39. The van der Waals surface area contributed by atoms with Crippen molar-refractivity contribution in [1.82, 2.24) is 5.32 Å². The number of rotatable bonds is 6. The van der Waals surface area contributed by atoms with Gasteiger partial charge >= 0.3 is 0 Å². The number of benzene rings is 1. The van der Waals surface area contributed by atoms with Gasteiger partial charge in [0.05, 0.1) is 6.10 Å². The normalized spacial score (nSPS) is 22.0. The van der Waals surface area contributed by atoms with Gasteiger partial charge in [0, 0.05) is 29.5 Å². The summed E-state index contributed by atoms with van der Waals surface area (Å²) >= 11 is 1.54. The van der Waals surface area contributed by atoms with Gasteiger partial charge in [-0.25, -0.2) is 4.39 Å². The van der Waals surface area contributed by atoms with Crippen molar-refractivity contribution >= 4 is 17.7 Å². The van der Waals surface area contributed by atoms with Gasteiger partial charge in [0.2, 0.25) is 5.91 Å². The topological polar surface area (TPSA) is 49.3 Å². The lowest BCUT2D eigenvalue weighted by Gasteiger charge is -2.27. The predicted octanol–water partition coefficient (Wildman–Crippen LogP) is 2.98. The van der Waals surface area contributed by atoms with E-state index in [-0.39, 0.29) is 23.7 Å². The van der Waals surface area contributed by atoms with E-state index in [2.05, 4.69) is 5.32 Å². The summed E-state index contributed by atoms with van der Waals surface area (Å²) in [5.41, 5.74) is 0. The van der Waals surface area contributed by atoms with Crippen molar-refractivity contribution in [1.29, 1.82) is 0 Å². The van der Waals surface area contributed by atoms with Gasteiger partial charge in [-0.3, -0.25) is 4.79 Å². The van der Waals surface area contributed by atoms with Crippen molar-refractivity contribution < 1.29 is 14.3 Å². The second-order valence-corrected chi connectivity index (χ2v) is 6.64. The summed E-state index contributed by atoms with van der Waals surface area (Å²) < 4.78 is 12.8. The molecule has 0 heterocycles. The van der Waals surface area contributed by atoms with E-state index < -0.39 is 0 Å². The first kappa shape index (κ1) is 16.3. The molecule has 1 aromatic rings. The summed E-state index contributed by atoms with van der Waals surface area (Å²) in [4.78, 5) is 12.7. The van der Waals surface area contributed by atoms with Crippen LogP contribution in [0.2, 0.25) is 0 Å². The van der Waals surface area contributed by atoms with E-state index >= 15 is 0 Å². The van der Waals surface area contributed by atoms with Crippen LogP contribution in [0.1, 0.15) is 32.1 Å². The number of aliphatic hydroxyl groups is 1. The molecule has 2 atom stereocenters. The first-order valence-electron chi connectivity index (χ1n) is 7.48. The summed E-state index contributed by atoms with van der Waals surface area (Å²) in [5, 5.41) is 12.7. The van der Waals surface area contributed by atoms with Crippen molar-refractivity contribution in [3.05, 3.63) is 30.1 Å². The highest BCUT2D eigenvalue weighted by Crippen LogP contribution is 2.23. The van der Waals surface area contributed by atoms with Crippen LogP contribution in [-0.2, 0) is 4.79 Å². The lowest BCUT2D eigenvalue weighted by molar-refractivity contribution is -0.121. The van der Waals surface area contributed by atoms with Gasteiger partial charge < -0.3 is 10.4 Å². The molecule has 0 spiro atoms. The molecule has 3 nitrogen and oxygen atoms in total. The molecule has 2 unspecified atom stereocenters. The van der Waals surface area contributed by atoms with Crippen LogP contribution < -0.4 is 5.32 Å². The molecule has 0 saturated heterocycles. The van der Waals surface area contributed by atoms with E-state index in [1.165, 1.54) is 12.1 Å². The summed E-state index contributed by atoms with van der Waals surface area (Å²) in [6.45, 7) is 0.571. The third-order valence-corrected chi connectivity index (χ3v) is 4.86. The van der Waals surface area contributed by atoms with Gasteiger partial charge in [-0.2, -0.15) is 0 Å². The van der Waals surface area contributed by atoms with Crippen LogP contribution in [0.5, 0.6) is 0 Å². The molecule has 0 aliphatic heterocycles. The minimum atomic E-state index is -0.271. The Labute approximate surface area is 129 Å². The maximum atomic E-state index is 12.8. The lowest BCUT2D eigenvalue weighted by atomic mass is 9.86. The molecule has 1 fully saturated rings. The fourth-order valence-corrected chi connectivity index (χ4v) is 3.40. The Morgan fingerprint density at radius 1 is 1.29 bits per heavy atom. The van der Waals surface area contributed by atoms with Gasteiger partial charge in [-0.1, -0.05) is 12.8 Å². The number of aliphatic hydroxyl groups excluding tert-OH is 1. The third kappa shape index (κ3) is 5.67. The van der Waals surface area contributed by atoms with Crippen LogP contribution in [0.3, 0.4) is 0 Å². The zero-order chi connectivity index (χ0) is 15.1. The molecule has 1 saturated carbocycles. The summed E-state index contributed by atoms with van der Waals surface area (Å²) in [6.07, 6.45) is 4.22. The Hall–Kier alpha value is -1.07. The van der Waals surface area contributed by atoms with Gasteiger partial charge in [-0.05, 0) is 37.1 Å². The number of hydrogen-bond acceptors (Lipinski definition) is 3. The highest BCUT2D eigenvalue weighted by molar-refractivity contribution is 7.99. The van der Waals surface area contributed by atoms with Crippen molar-refractivity contribution in [2.45, 2.75) is 43.1 Å². The molecular formula is C16H22FNO2S. The number of carbonyl (C=O) groups excluding carboxylic acids is 1. The molecule has 5 heteroatoms. The zero-order valence-corrected chi connectivity index (χ0v) is 12.9. The van der Waals surface area contributed by atoms with Crippen LogP contribution in [-0.4, -0.2) is 29.4 Å². The number of halogens is 1. The molecule has 0 aromatic heterocycles. The second-order valence-electron chi connectivity index (χ2n) is 5.47. The van der Waals surface area contributed by atoms with Crippen molar-refractivity contribution in [3.8, 4) is 0 Å². The maximum absolute atomic E-state index is 12.8. The SMILES string of the molecule is O=C(CCSc1ccc(F)cc1)NCC1CCCCC1O. The molecular weight excluding hydrogens is 289 g/mol. The van der Waals surface area contributed by atoms with Gasteiger partial charge in [0.1, 0.15) is 5.82 Å². The van der Waals surface area contributed by atoms with Crippen molar-refractivity contribution in [3.63, 3.8) is 0 Å². The third-order valence-electron chi connectivity index (χ3n) is 3.84. The predicted molar refractivity (Wildman–Crippen MR) is 82.7 cm³/mol. The number of thioether (sulfide) groups is 1. The Kier molecular flexibility index (Phi) is 6.51. The Morgan fingerprint density at radius 2 is 2.00 bits per heavy atom. The molecule has 0 radical (unpaired) electrons. The van der Waals surface area contributed by atoms with Gasteiger partial charge in [0.25, 0.3) is 0 Å². The number of amides is 1. The van der Waals surface area contributed by atoms with E-state index in [0.29, 0.717) is 18.7 Å². The Balaban J connectivity index is 1.62. The van der Waals surface area contributed by atoms with E-state index in [0.717, 1.165) is 30.6 Å². The first-order chi connectivity index (χ1) is 10.1. The van der Waals surface area contributed by atoms with Gasteiger partial charge in [-0.15, -0.1) is 11.8 Å². The summed E-state index contributed by atoms with van der Waals surface area (Å²) in [6, 6.07) is 6.28. The standard InChI is InChI=1S/C16H22FNO2S/c17-13-5-7-14(8-6-13)21-10-9-16(20)18-11-12-3-1-2-4-15(12)19/h5-8,12,15,19H,1-4,9-11H2,(H,18,20). The largest absolute Gasteiger partial charge is 0.393 e. The highest BCUT2D eigenvalue weighted by atomic mass is 32.2. The van der Waals surface area contributed by atoms with E-state index in [1.54, 1.807) is 23.9 Å². The molecule has 1 aromatic carbocycles. The smallest absolute Gasteiger partial charge is 0.220 e. The zero-order valence-electron chi connectivity index (χ0n) is 12.1. The molecule has 116 valence electrons. The van der Waals surface area contributed by atoms with Gasteiger partial charge in [0.15, 0.2) is 0 Å². The van der Waals surface area contributed by atoms with Crippen molar-refractivity contribution in [2.75, 3.05) is 12.3 Å². The Morgan fingerprint density at radius 3 is 2.71 bits per heavy atom. The summed E-state index contributed by atoms with van der Waals surface area (Å²) in [5.74, 6) is 0.642. The molecule has 1 aliphatic carbocycles. The fraction of sp³-hybridized carbons (Fsp3) is 0.562. The first-order valence-corrected chi connectivity index (χ1v) is 8.47. The number of carbonyl (C=O) groups is 1. The molecule has 2 rings (SSSR count). The minimum absolute atomic E-state index is 0.0161. The lowest BCUT2D eigenvalue weighted by Crippen LogP contribution is -2.36. The molecule has 1 amide bonds. The monoisotopic (exact) mass is 311 g/mol. The highest BCUT2D eigenvalue weighted by Gasteiger charge is 2.23. The number of nitrogens with one attached hydrogen (secondary N) is 1. The van der Waals surface area contributed by atoms with Crippen LogP contribution in [0.15, 0.2) is 29.2 Å². The molecule has 2 N–H and O–H groups in total. The van der Waals surface area contributed by atoms with Crippen LogP contribution in [0.4, 0.5) is 4.39 Å². The molecule has 0 bridgehead atoms. The average molecular weight is 311 g/mol. The van der Waals surface area contributed by atoms with Crippen LogP contribution in [0, 0.1) is 11.7 Å². The fourth-order valence-electron chi connectivity index (χ4n) is 2.55. The Bertz CT molecular complexity index is 452. The number of hydrogen-bond donors (Lipinski definition) is 2. The van der Waals surface area contributed by atoms with Crippen molar-refractivity contribution in [2.24, 2.45) is 5.92 Å². The van der Waals surface area contributed by atoms with Crippen LogP contribution >= 0.6 is 11.8 Å². The van der Waals surface area contributed by atoms with Crippen LogP contribution in [0.25, 0.3) is 0 Å². The summed E-state index contributed by atoms with van der Waals surface area (Å²) in [7, 11) is 0. The van der Waals surface area contributed by atoms with E-state index in [1.807, 2.05) is 0 Å². The quantitative estimate of drug-likeness (QED) is 0.794. The molecule has 1 aliphatic rings. The maximum Gasteiger partial charge on any atom is 0.220 e. The van der Waals surface area contributed by atoms with E-state index in [9.17, 15) is 14.3 Å². The minimum Gasteiger partial charge on any atom is -0.393 e. The molecule has 21 heavy (non-hydrogen) atoms. The van der Waals surface area contributed by atoms with E-state index in [4.69, 9.17) is 0 Å². The average Bonchev–Trinajstić information content (AvgIpc) is 2.48.